The Balaban J connectivity index is 3.35. The second kappa shape index (κ2) is 4.81. The van der Waals surface area contributed by atoms with Crippen LogP contribution in [0.2, 0.25) is 0 Å². The predicted octanol–water partition coefficient (Wildman–Crippen LogP) is -0.107. The lowest BCUT2D eigenvalue weighted by atomic mass is 10.00. The van der Waals surface area contributed by atoms with Crippen molar-refractivity contribution in [2.45, 2.75) is 6.92 Å². The van der Waals surface area contributed by atoms with E-state index in [4.69, 9.17) is 9.47 Å². The highest BCUT2D eigenvalue weighted by Crippen LogP contribution is 2.26. The fraction of sp³-hybridized carbons (Fsp3) is 0.400. The van der Waals surface area contributed by atoms with Crippen molar-refractivity contribution in [1.29, 1.82) is 0 Å². The van der Waals surface area contributed by atoms with Crippen LogP contribution in [0.1, 0.15) is 6.92 Å². The van der Waals surface area contributed by atoms with E-state index in [9.17, 15) is 18.0 Å². The normalized spacial score (nSPS) is 17.1. The van der Waals surface area contributed by atoms with Crippen molar-refractivity contribution >= 4 is 21.7 Å². The van der Waals surface area contributed by atoms with E-state index in [0.29, 0.717) is 0 Å². The molecule has 0 aromatic heterocycles. The van der Waals surface area contributed by atoms with Crippen molar-refractivity contribution in [1.82, 2.24) is 0 Å². The van der Waals surface area contributed by atoms with Crippen LogP contribution in [-0.2, 0) is 33.4 Å². The molecule has 0 aromatic carbocycles. The van der Waals surface area contributed by atoms with Crippen LogP contribution in [-0.4, -0.2) is 40.5 Å². The van der Waals surface area contributed by atoms with Gasteiger partial charge in [0.05, 0.1) is 20.5 Å². The molecular weight excluding hydrogens is 264 g/mol. The number of rotatable bonds is 4. The maximum absolute atomic E-state index is 11.9. The Hall–Kier alpha value is -1.83. The van der Waals surface area contributed by atoms with Gasteiger partial charge in [-0.25, -0.2) is 0 Å². The van der Waals surface area contributed by atoms with Crippen LogP contribution in [0.5, 0.6) is 0 Å². The second-order valence-electron chi connectivity index (χ2n) is 3.47. The lowest BCUT2D eigenvalue weighted by Gasteiger charge is -2.19. The summed E-state index contributed by atoms with van der Waals surface area (Å²) < 4.78 is 36.1. The summed E-state index contributed by atoms with van der Waals surface area (Å²) in [6.45, 7) is 1.27. The first-order chi connectivity index (χ1) is 8.22. The molecule has 0 heterocycles. The van der Waals surface area contributed by atoms with Gasteiger partial charge >= 0.3 is 10.1 Å². The topological polar surface area (TPSA) is 96.0 Å². The van der Waals surface area contributed by atoms with E-state index < -0.39 is 27.4 Å². The van der Waals surface area contributed by atoms with Crippen molar-refractivity contribution in [2.75, 3.05) is 20.5 Å². The fourth-order valence-electron chi connectivity index (χ4n) is 1.38. The van der Waals surface area contributed by atoms with Crippen LogP contribution in [0.15, 0.2) is 22.9 Å². The average molecular weight is 276 g/mol. The summed E-state index contributed by atoms with van der Waals surface area (Å²) in [7, 11) is -1.55. The van der Waals surface area contributed by atoms with Gasteiger partial charge in [0.25, 0.3) is 5.78 Å². The SMILES string of the molecule is COC1=C(OC)C(=O)C(OS(C)(=O)=O)=C(C)C1=O. The van der Waals surface area contributed by atoms with Crippen LogP contribution in [0.3, 0.4) is 0 Å². The molecule has 7 nitrogen and oxygen atoms in total. The van der Waals surface area contributed by atoms with E-state index in [0.717, 1.165) is 13.4 Å². The first-order valence-electron chi connectivity index (χ1n) is 4.75. The summed E-state index contributed by atoms with van der Waals surface area (Å²) in [6.07, 6.45) is 0.771. The molecule has 8 heteroatoms. The zero-order chi connectivity index (χ0) is 14.1. The van der Waals surface area contributed by atoms with Crippen LogP contribution >= 0.6 is 0 Å². The zero-order valence-electron chi connectivity index (χ0n) is 10.3. The Labute approximate surface area is 104 Å². The van der Waals surface area contributed by atoms with E-state index in [2.05, 4.69) is 4.18 Å². The van der Waals surface area contributed by atoms with Crippen molar-refractivity contribution in [2.24, 2.45) is 0 Å². The first-order valence-corrected chi connectivity index (χ1v) is 6.56. The zero-order valence-corrected chi connectivity index (χ0v) is 11.1. The van der Waals surface area contributed by atoms with Gasteiger partial charge in [0.15, 0.2) is 0 Å². The van der Waals surface area contributed by atoms with Gasteiger partial charge in [-0.15, -0.1) is 0 Å². The minimum absolute atomic E-state index is 0.150. The maximum Gasteiger partial charge on any atom is 0.306 e. The molecule has 0 saturated carbocycles. The standard InChI is InChI=1S/C10H12O7S/c1-5-6(11)9(15-2)10(16-3)7(12)8(5)17-18(4,13)14/h1-4H3. The molecule has 1 rings (SSSR count). The minimum Gasteiger partial charge on any atom is -0.489 e. The number of Topliss-reactive ketones (excluding diaryl/α,β-unsaturated/α-hetero) is 2. The summed E-state index contributed by atoms with van der Waals surface area (Å²) in [5, 5.41) is 0. The quantitative estimate of drug-likeness (QED) is 0.522. The highest BCUT2D eigenvalue weighted by atomic mass is 32.2. The minimum atomic E-state index is -3.92. The van der Waals surface area contributed by atoms with Gasteiger partial charge < -0.3 is 13.7 Å². The highest BCUT2D eigenvalue weighted by Gasteiger charge is 2.37. The predicted molar refractivity (Wildman–Crippen MR) is 59.7 cm³/mol. The Morgan fingerprint density at radius 1 is 0.889 bits per heavy atom. The molecule has 0 aliphatic heterocycles. The number of carbonyl (C=O) groups excluding carboxylic acids is 2. The fourth-order valence-corrected chi connectivity index (χ4v) is 1.88. The lowest BCUT2D eigenvalue weighted by Crippen LogP contribution is -2.27. The van der Waals surface area contributed by atoms with Gasteiger partial charge in [0, 0.05) is 5.57 Å². The van der Waals surface area contributed by atoms with Crippen LogP contribution < -0.4 is 0 Å². The molecule has 0 saturated heterocycles. The summed E-state index contributed by atoms with van der Waals surface area (Å²) in [6, 6.07) is 0. The third-order valence-corrected chi connectivity index (χ3v) is 2.62. The average Bonchev–Trinajstić information content (AvgIpc) is 2.27. The lowest BCUT2D eigenvalue weighted by molar-refractivity contribution is -0.122. The molecule has 0 unspecified atom stereocenters. The Morgan fingerprint density at radius 3 is 1.72 bits per heavy atom. The molecule has 0 bridgehead atoms. The molecule has 0 spiro atoms. The van der Waals surface area contributed by atoms with E-state index in [-0.39, 0.29) is 17.1 Å². The van der Waals surface area contributed by atoms with E-state index >= 15 is 0 Å². The summed E-state index contributed by atoms with van der Waals surface area (Å²) in [4.78, 5) is 23.7. The van der Waals surface area contributed by atoms with Crippen LogP contribution in [0.25, 0.3) is 0 Å². The summed E-state index contributed by atoms with van der Waals surface area (Å²) in [5.74, 6) is -2.74. The number of ether oxygens (including phenoxy) is 2. The molecule has 1 aliphatic rings. The molecule has 0 amide bonds. The van der Waals surface area contributed by atoms with Gasteiger partial charge in [-0.1, -0.05) is 0 Å². The maximum atomic E-state index is 11.9. The molecule has 18 heavy (non-hydrogen) atoms. The van der Waals surface area contributed by atoms with E-state index in [1.54, 1.807) is 0 Å². The molecule has 0 fully saturated rings. The number of methoxy groups -OCH3 is 2. The molecule has 100 valence electrons. The third-order valence-electron chi connectivity index (χ3n) is 2.15. The Kier molecular flexibility index (Phi) is 3.80. The van der Waals surface area contributed by atoms with Gasteiger partial charge in [-0.05, 0) is 6.92 Å². The van der Waals surface area contributed by atoms with E-state index in [1.807, 2.05) is 0 Å². The third kappa shape index (κ3) is 2.53. The van der Waals surface area contributed by atoms with Crippen LogP contribution in [0, 0.1) is 0 Å². The Bertz CT molecular complexity index is 565. The highest BCUT2D eigenvalue weighted by molar-refractivity contribution is 7.86. The van der Waals surface area contributed by atoms with Gasteiger partial charge in [-0.3, -0.25) is 9.59 Å². The van der Waals surface area contributed by atoms with Crippen molar-refractivity contribution < 1.29 is 31.7 Å². The smallest absolute Gasteiger partial charge is 0.306 e. The van der Waals surface area contributed by atoms with E-state index in [1.165, 1.54) is 14.0 Å². The number of carbonyl (C=O) groups is 2. The largest absolute Gasteiger partial charge is 0.489 e. The van der Waals surface area contributed by atoms with Crippen molar-refractivity contribution in [3.05, 3.63) is 22.9 Å². The number of ketones is 2. The molecular formula is C10H12O7S. The molecule has 0 atom stereocenters. The van der Waals surface area contributed by atoms with Gasteiger partial charge in [0.2, 0.25) is 23.1 Å². The number of hydrogen-bond donors (Lipinski definition) is 0. The van der Waals surface area contributed by atoms with Gasteiger partial charge in [0.1, 0.15) is 0 Å². The summed E-state index contributed by atoms with van der Waals surface area (Å²) in [5.41, 5.74) is -0.150. The van der Waals surface area contributed by atoms with Crippen molar-refractivity contribution in [3.63, 3.8) is 0 Å². The Morgan fingerprint density at radius 2 is 1.33 bits per heavy atom. The van der Waals surface area contributed by atoms with Crippen LogP contribution in [0.4, 0.5) is 0 Å². The molecule has 0 radical (unpaired) electrons. The monoisotopic (exact) mass is 276 g/mol. The summed E-state index contributed by atoms with van der Waals surface area (Å²) >= 11 is 0. The molecule has 0 aromatic rings. The van der Waals surface area contributed by atoms with Gasteiger partial charge in [-0.2, -0.15) is 8.42 Å². The van der Waals surface area contributed by atoms with Crippen molar-refractivity contribution in [3.8, 4) is 0 Å². The number of allylic oxidation sites excluding steroid dienone is 1. The second-order valence-corrected chi connectivity index (χ2v) is 5.04. The first kappa shape index (κ1) is 14.2. The number of hydrogen-bond acceptors (Lipinski definition) is 7. The molecule has 1 aliphatic carbocycles. The molecule has 0 N–H and O–H groups in total.